The molecule has 134 valence electrons. The number of imidazole rings is 1. The maximum Gasteiger partial charge on any atom is 0.303 e. The quantitative estimate of drug-likeness (QED) is 0.732. The van der Waals surface area contributed by atoms with Crippen molar-refractivity contribution in [1.29, 1.82) is 0 Å². The molecule has 0 radical (unpaired) electrons. The topological polar surface area (TPSA) is 128 Å². The Labute approximate surface area is 141 Å². The van der Waals surface area contributed by atoms with Crippen molar-refractivity contribution in [2.75, 3.05) is 11.9 Å². The molecule has 25 heavy (non-hydrogen) atoms. The molecule has 0 aromatic carbocycles. The van der Waals surface area contributed by atoms with Gasteiger partial charge in [0.2, 0.25) is 5.91 Å². The number of halogens is 1. The van der Waals surface area contributed by atoms with Gasteiger partial charge < -0.3 is 19.9 Å². The Morgan fingerprint density at radius 3 is 2.80 bits per heavy atom. The van der Waals surface area contributed by atoms with Crippen molar-refractivity contribution in [3.63, 3.8) is 0 Å². The number of alkyl halides is 1. The van der Waals surface area contributed by atoms with Crippen molar-refractivity contribution in [2.24, 2.45) is 0 Å². The molecular formula is C14H16FN5O5. The van der Waals surface area contributed by atoms with Crippen LogP contribution >= 0.6 is 0 Å². The van der Waals surface area contributed by atoms with Crippen LogP contribution in [0.1, 0.15) is 20.1 Å². The van der Waals surface area contributed by atoms with Crippen molar-refractivity contribution >= 4 is 28.9 Å². The zero-order chi connectivity index (χ0) is 18.1. The number of fused-ring (bicyclic) bond motifs is 1. The van der Waals surface area contributed by atoms with Crippen LogP contribution in [0.5, 0.6) is 0 Å². The SMILES string of the molecule is CC(=O)Nc1ncnc2c1ncn2[C@@H]1O[C@H](CO)C(F)C1OC(C)=O. The zero-order valence-corrected chi connectivity index (χ0v) is 13.4. The minimum absolute atomic E-state index is 0.189. The van der Waals surface area contributed by atoms with Crippen molar-refractivity contribution < 1.29 is 28.6 Å². The van der Waals surface area contributed by atoms with Gasteiger partial charge in [-0.2, -0.15) is 0 Å². The number of nitrogens with zero attached hydrogens (tertiary/aromatic N) is 4. The van der Waals surface area contributed by atoms with E-state index in [1.807, 2.05) is 0 Å². The summed E-state index contributed by atoms with van der Waals surface area (Å²) in [5, 5.41) is 11.8. The molecule has 1 fully saturated rings. The lowest BCUT2D eigenvalue weighted by atomic mass is 10.1. The second-order valence-corrected chi connectivity index (χ2v) is 5.49. The van der Waals surface area contributed by atoms with Crippen LogP contribution in [0.4, 0.5) is 10.2 Å². The first-order valence-corrected chi connectivity index (χ1v) is 7.45. The molecule has 1 aliphatic heterocycles. The molecule has 4 atom stereocenters. The van der Waals surface area contributed by atoms with Crippen molar-refractivity contribution in [3.8, 4) is 0 Å². The van der Waals surface area contributed by atoms with Crippen LogP contribution in [0.2, 0.25) is 0 Å². The van der Waals surface area contributed by atoms with E-state index in [9.17, 15) is 19.1 Å². The van der Waals surface area contributed by atoms with Crippen molar-refractivity contribution in [2.45, 2.75) is 38.5 Å². The predicted octanol–water partition coefficient (Wildman–Crippen LogP) is -0.0558. The van der Waals surface area contributed by atoms with Gasteiger partial charge in [0.25, 0.3) is 0 Å². The van der Waals surface area contributed by atoms with Gasteiger partial charge in [0.05, 0.1) is 12.9 Å². The Kier molecular flexibility index (Phi) is 4.59. The third-order valence-corrected chi connectivity index (χ3v) is 3.67. The summed E-state index contributed by atoms with van der Waals surface area (Å²) in [5.74, 6) is -0.833. The normalized spacial score (nSPS) is 25.9. The number of anilines is 1. The first-order chi connectivity index (χ1) is 11.9. The van der Waals surface area contributed by atoms with E-state index >= 15 is 0 Å². The van der Waals surface area contributed by atoms with Gasteiger partial charge >= 0.3 is 5.97 Å². The second kappa shape index (κ2) is 6.69. The number of rotatable bonds is 4. The number of ether oxygens (including phenoxy) is 2. The number of hydrogen-bond acceptors (Lipinski definition) is 8. The molecule has 0 spiro atoms. The highest BCUT2D eigenvalue weighted by Gasteiger charge is 2.48. The van der Waals surface area contributed by atoms with E-state index in [1.54, 1.807) is 0 Å². The molecule has 2 unspecified atom stereocenters. The number of esters is 1. The van der Waals surface area contributed by atoms with E-state index in [1.165, 1.54) is 24.1 Å². The lowest BCUT2D eigenvalue weighted by molar-refractivity contribution is -0.154. The summed E-state index contributed by atoms with van der Waals surface area (Å²) in [6, 6.07) is 0. The van der Waals surface area contributed by atoms with Crippen LogP contribution in [0.25, 0.3) is 11.2 Å². The monoisotopic (exact) mass is 353 g/mol. The van der Waals surface area contributed by atoms with Crippen LogP contribution < -0.4 is 5.32 Å². The smallest absolute Gasteiger partial charge is 0.303 e. The summed E-state index contributed by atoms with van der Waals surface area (Å²) < 4.78 is 26.3. The Bertz CT molecular complexity index is 812. The van der Waals surface area contributed by atoms with E-state index in [2.05, 4.69) is 20.3 Å². The number of amides is 1. The van der Waals surface area contributed by atoms with Crippen molar-refractivity contribution in [1.82, 2.24) is 19.5 Å². The Morgan fingerprint density at radius 1 is 1.40 bits per heavy atom. The maximum absolute atomic E-state index is 14.4. The average Bonchev–Trinajstić information content (AvgIpc) is 3.09. The van der Waals surface area contributed by atoms with Crippen LogP contribution in [-0.4, -0.2) is 61.5 Å². The number of hydrogen-bond donors (Lipinski definition) is 2. The molecule has 2 aromatic rings. The number of nitrogens with one attached hydrogen (secondary N) is 1. The number of carbonyl (C=O) groups excluding carboxylic acids is 2. The van der Waals surface area contributed by atoms with Gasteiger partial charge in [0, 0.05) is 13.8 Å². The van der Waals surface area contributed by atoms with Crippen LogP contribution in [0, 0.1) is 0 Å². The first kappa shape index (κ1) is 17.2. The molecule has 2 N–H and O–H groups in total. The molecule has 10 nitrogen and oxygen atoms in total. The fourth-order valence-corrected chi connectivity index (χ4v) is 2.68. The minimum atomic E-state index is -1.71. The van der Waals surface area contributed by atoms with Crippen LogP contribution in [0.3, 0.4) is 0 Å². The number of aromatic nitrogens is 4. The Hall–Kier alpha value is -2.66. The second-order valence-electron chi connectivity index (χ2n) is 5.49. The molecular weight excluding hydrogens is 337 g/mol. The van der Waals surface area contributed by atoms with Gasteiger partial charge in [-0.3, -0.25) is 14.2 Å². The fourth-order valence-electron chi connectivity index (χ4n) is 2.68. The minimum Gasteiger partial charge on any atom is -0.454 e. The summed E-state index contributed by atoms with van der Waals surface area (Å²) in [6.07, 6.45) is -2.68. The molecule has 1 amide bonds. The van der Waals surface area contributed by atoms with Crippen LogP contribution in [0.15, 0.2) is 12.7 Å². The molecule has 0 aliphatic carbocycles. The molecule has 11 heteroatoms. The molecule has 2 aromatic heterocycles. The Morgan fingerprint density at radius 2 is 2.16 bits per heavy atom. The van der Waals surface area contributed by atoms with Gasteiger partial charge in [-0.25, -0.2) is 19.3 Å². The van der Waals surface area contributed by atoms with Gasteiger partial charge in [-0.05, 0) is 0 Å². The summed E-state index contributed by atoms with van der Waals surface area (Å²) >= 11 is 0. The first-order valence-electron chi connectivity index (χ1n) is 7.45. The Balaban J connectivity index is 2.02. The van der Waals surface area contributed by atoms with Gasteiger partial charge in [0.1, 0.15) is 12.4 Å². The highest BCUT2D eigenvalue weighted by Crippen LogP contribution is 2.35. The summed E-state index contributed by atoms with van der Waals surface area (Å²) in [4.78, 5) is 34.7. The molecule has 3 rings (SSSR count). The van der Waals surface area contributed by atoms with E-state index in [4.69, 9.17) is 9.47 Å². The summed E-state index contributed by atoms with van der Waals surface area (Å²) in [7, 11) is 0. The zero-order valence-electron chi connectivity index (χ0n) is 13.4. The highest BCUT2D eigenvalue weighted by molar-refractivity contribution is 5.95. The molecule has 1 saturated heterocycles. The predicted molar refractivity (Wildman–Crippen MR) is 81.1 cm³/mol. The fraction of sp³-hybridized carbons (Fsp3) is 0.500. The third kappa shape index (κ3) is 3.15. The van der Waals surface area contributed by atoms with Crippen molar-refractivity contribution in [3.05, 3.63) is 12.7 Å². The van der Waals surface area contributed by atoms with Gasteiger partial charge in [0.15, 0.2) is 35.5 Å². The number of aliphatic hydroxyl groups is 1. The summed E-state index contributed by atoms with van der Waals surface area (Å²) in [6.45, 7) is 1.90. The van der Waals surface area contributed by atoms with E-state index in [0.29, 0.717) is 0 Å². The third-order valence-electron chi connectivity index (χ3n) is 3.67. The summed E-state index contributed by atoms with van der Waals surface area (Å²) in [5.41, 5.74) is 0.525. The van der Waals surface area contributed by atoms with Gasteiger partial charge in [-0.15, -0.1) is 0 Å². The number of aliphatic hydroxyl groups excluding tert-OH is 1. The van der Waals surface area contributed by atoms with E-state index in [-0.39, 0.29) is 22.9 Å². The lowest BCUT2D eigenvalue weighted by Gasteiger charge is -2.20. The average molecular weight is 353 g/mol. The standard InChI is InChI=1S/C14H16FN5O5/c1-6(22)19-12-10-13(17-4-16-12)20(5-18-10)14-11(24-7(2)23)9(15)8(3-21)25-14/h4-5,8-9,11,14,21H,3H2,1-2H3,(H,16,17,19,22)/t8-,9?,11?,14-/m1/s1. The van der Waals surface area contributed by atoms with E-state index in [0.717, 1.165) is 6.92 Å². The van der Waals surface area contributed by atoms with Crippen LogP contribution in [-0.2, 0) is 19.1 Å². The largest absolute Gasteiger partial charge is 0.454 e. The number of carbonyl (C=O) groups is 2. The molecule has 1 aliphatic rings. The maximum atomic E-state index is 14.4. The van der Waals surface area contributed by atoms with E-state index < -0.39 is 37.2 Å². The lowest BCUT2D eigenvalue weighted by Crippen LogP contribution is -2.33. The molecule has 0 bridgehead atoms. The molecule has 3 heterocycles. The van der Waals surface area contributed by atoms with Gasteiger partial charge in [-0.1, -0.05) is 0 Å². The molecule has 0 saturated carbocycles. The highest BCUT2D eigenvalue weighted by atomic mass is 19.1.